The van der Waals surface area contributed by atoms with E-state index in [0.29, 0.717) is 15.8 Å². The van der Waals surface area contributed by atoms with E-state index in [1.807, 2.05) is 48.5 Å². The van der Waals surface area contributed by atoms with Crippen LogP contribution in [0.25, 0.3) is 5.69 Å². The van der Waals surface area contributed by atoms with E-state index in [1.54, 1.807) is 18.3 Å². The van der Waals surface area contributed by atoms with Crippen molar-refractivity contribution in [1.29, 1.82) is 0 Å². The predicted molar refractivity (Wildman–Crippen MR) is 158 cm³/mol. The standard InChI is InChI=1S/C28H28ClN5O2S2/c1-17-8-9-20(29)16-25(17)33-18(2)15-23(19(33)3)27-26(24-7-5-6-14-30-24)31-28(37)34(27)22-12-10-21(11-13-22)32-38(4,35)36/h5-16,26-27,32H,1-4H3,(H,31,37)/t26-,27-/m1/s1. The van der Waals surface area contributed by atoms with E-state index in [4.69, 9.17) is 23.8 Å². The van der Waals surface area contributed by atoms with Gasteiger partial charge in [-0.25, -0.2) is 8.42 Å². The molecule has 1 saturated heterocycles. The Labute approximate surface area is 233 Å². The van der Waals surface area contributed by atoms with Gasteiger partial charge in [0, 0.05) is 39.7 Å². The number of halogens is 1. The molecule has 1 fully saturated rings. The van der Waals surface area contributed by atoms with Crippen LogP contribution in [0.4, 0.5) is 11.4 Å². The van der Waals surface area contributed by atoms with Gasteiger partial charge in [0.15, 0.2) is 5.11 Å². The summed E-state index contributed by atoms with van der Waals surface area (Å²) in [6.45, 7) is 6.27. The first-order valence-corrected chi connectivity index (χ1v) is 14.7. The van der Waals surface area contributed by atoms with Crippen LogP contribution in [0.5, 0.6) is 0 Å². The molecule has 0 spiro atoms. The van der Waals surface area contributed by atoms with Crippen molar-refractivity contribution in [3.05, 3.63) is 106 Å². The van der Waals surface area contributed by atoms with Crippen LogP contribution in [0.3, 0.4) is 0 Å². The zero-order valence-electron chi connectivity index (χ0n) is 21.4. The fourth-order valence-electron chi connectivity index (χ4n) is 5.13. The fraction of sp³-hybridized carbons (Fsp3) is 0.214. The third-order valence-corrected chi connectivity index (χ3v) is 7.90. The zero-order valence-corrected chi connectivity index (χ0v) is 23.8. The molecular formula is C28H28ClN5O2S2. The summed E-state index contributed by atoms with van der Waals surface area (Å²) in [5.41, 5.74) is 7.61. The first-order valence-electron chi connectivity index (χ1n) is 12.1. The summed E-state index contributed by atoms with van der Waals surface area (Å²) in [5, 5.41) is 4.74. The molecule has 4 aromatic rings. The van der Waals surface area contributed by atoms with E-state index in [9.17, 15) is 8.42 Å². The summed E-state index contributed by atoms with van der Waals surface area (Å²) in [5.74, 6) is 0. The van der Waals surface area contributed by atoms with Gasteiger partial charge in [0.2, 0.25) is 10.0 Å². The molecule has 0 amide bonds. The number of sulfonamides is 1. The molecule has 5 rings (SSSR count). The molecule has 0 unspecified atom stereocenters. The summed E-state index contributed by atoms with van der Waals surface area (Å²) < 4.78 is 28.1. The first-order chi connectivity index (χ1) is 18.0. The highest BCUT2D eigenvalue weighted by atomic mass is 35.5. The molecule has 7 nitrogen and oxygen atoms in total. The lowest BCUT2D eigenvalue weighted by molar-refractivity contribution is 0.565. The van der Waals surface area contributed by atoms with Crippen molar-refractivity contribution in [2.75, 3.05) is 15.9 Å². The molecule has 2 aromatic carbocycles. The first kappa shape index (κ1) is 26.2. The Balaban J connectivity index is 1.65. The molecule has 0 radical (unpaired) electrons. The lowest BCUT2D eigenvalue weighted by Gasteiger charge is -2.28. The third-order valence-electron chi connectivity index (χ3n) is 6.75. The second-order valence-electron chi connectivity index (χ2n) is 9.51. The molecule has 0 bridgehead atoms. The number of pyridine rings is 1. The lowest BCUT2D eigenvalue weighted by atomic mass is 9.96. The minimum absolute atomic E-state index is 0.202. The number of nitrogens with zero attached hydrogens (tertiary/aromatic N) is 3. The second kappa shape index (κ2) is 10.1. The zero-order chi connectivity index (χ0) is 27.2. The van der Waals surface area contributed by atoms with Crippen molar-refractivity contribution in [1.82, 2.24) is 14.9 Å². The van der Waals surface area contributed by atoms with Crippen LogP contribution in [-0.2, 0) is 10.0 Å². The van der Waals surface area contributed by atoms with Gasteiger partial charge < -0.3 is 14.8 Å². The Hall–Kier alpha value is -3.40. The molecule has 2 aromatic heterocycles. The van der Waals surface area contributed by atoms with Gasteiger partial charge in [0.05, 0.1) is 24.0 Å². The van der Waals surface area contributed by atoms with Crippen LogP contribution in [0, 0.1) is 20.8 Å². The Kier molecular flexibility index (Phi) is 6.94. The Bertz CT molecular complexity index is 1620. The van der Waals surface area contributed by atoms with Crippen molar-refractivity contribution in [2.45, 2.75) is 32.9 Å². The van der Waals surface area contributed by atoms with Crippen LogP contribution >= 0.6 is 23.8 Å². The molecule has 2 N–H and O–H groups in total. The van der Waals surface area contributed by atoms with E-state index < -0.39 is 10.0 Å². The SMILES string of the molecule is Cc1ccc(Cl)cc1-n1c(C)cc([C@@H]2[C@@H](c3ccccn3)NC(=S)N2c2ccc(NS(C)(=O)=O)cc2)c1C. The van der Waals surface area contributed by atoms with Crippen LogP contribution < -0.4 is 14.9 Å². The number of nitrogens with one attached hydrogen (secondary N) is 2. The molecule has 1 aliphatic rings. The van der Waals surface area contributed by atoms with Gasteiger partial charge in [0.1, 0.15) is 0 Å². The van der Waals surface area contributed by atoms with Gasteiger partial charge in [-0.15, -0.1) is 0 Å². The van der Waals surface area contributed by atoms with Crippen LogP contribution in [0.15, 0.2) is 72.9 Å². The van der Waals surface area contributed by atoms with E-state index in [-0.39, 0.29) is 12.1 Å². The largest absolute Gasteiger partial charge is 0.351 e. The molecule has 1 aliphatic heterocycles. The maximum Gasteiger partial charge on any atom is 0.229 e. The Morgan fingerprint density at radius 3 is 2.42 bits per heavy atom. The lowest BCUT2D eigenvalue weighted by Crippen LogP contribution is -2.29. The Morgan fingerprint density at radius 1 is 1.03 bits per heavy atom. The monoisotopic (exact) mass is 565 g/mol. The topological polar surface area (TPSA) is 79.3 Å². The molecule has 196 valence electrons. The number of rotatable bonds is 6. The number of thiocarbonyl (C=S) groups is 1. The fourth-order valence-corrected chi connectivity index (χ4v) is 6.21. The van der Waals surface area contributed by atoms with Gasteiger partial charge in [-0.2, -0.15) is 0 Å². The second-order valence-corrected chi connectivity index (χ2v) is 12.1. The van der Waals surface area contributed by atoms with Crippen molar-refractivity contribution in [3.8, 4) is 5.69 Å². The summed E-state index contributed by atoms with van der Waals surface area (Å²) in [6, 6.07) is 20.8. The summed E-state index contributed by atoms with van der Waals surface area (Å²) in [4.78, 5) is 6.73. The van der Waals surface area contributed by atoms with Crippen molar-refractivity contribution >= 4 is 50.3 Å². The number of anilines is 2. The van der Waals surface area contributed by atoms with Gasteiger partial charge in [-0.1, -0.05) is 23.7 Å². The third kappa shape index (κ3) is 5.01. The van der Waals surface area contributed by atoms with E-state index in [2.05, 4.69) is 51.3 Å². The number of hydrogen-bond acceptors (Lipinski definition) is 4. The number of aryl methyl sites for hydroxylation is 2. The molecule has 0 aliphatic carbocycles. The van der Waals surface area contributed by atoms with Gasteiger partial charge >= 0.3 is 0 Å². The molecule has 0 saturated carbocycles. The highest BCUT2D eigenvalue weighted by molar-refractivity contribution is 7.92. The average molecular weight is 566 g/mol. The number of benzene rings is 2. The van der Waals surface area contributed by atoms with Gasteiger partial charge in [-0.05, 0) is 98.7 Å². The smallest absolute Gasteiger partial charge is 0.229 e. The normalized spacial score (nSPS) is 17.5. The molecule has 3 heterocycles. The highest BCUT2D eigenvalue weighted by Crippen LogP contribution is 2.44. The Morgan fingerprint density at radius 2 is 1.76 bits per heavy atom. The quantitative estimate of drug-likeness (QED) is 0.279. The maximum absolute atomic E-state index is 11.7. The number of aromatic nitrogens is 2. The average Bonchev–Trinajstić information content (AvgIpc) is 3.36. The molecule has 10 heteroatoms. The highest BCUT2D eigenvalue weighted by Gasteiger charge is 2.42. The van der Waals surface area contributed by atoms with E-state index in [0.717, 1.165) is 45.8 Å². The minimum atomic E-state index is -3.38. The molecule has 2 atom stereocenters. The number of hydrogen-bond donors (Lipinski definition) is 2. The van der Waals surface area contributed by atoms with E-state index >= 15 is 0 Å². The van der Waals surface area contributed by atoms with Gasteiger partial charge in [0.25, 0.3) is 0 Å². The molecule has 38 heavy (non-hydrogen) atoms. The van der Waals surface area contributed by atoms with Gasteiger partial charge in [-0.3, -0.25) is 9.71 Å². The van der Waals surface area contributed by atoms with Crippen LogP contribution in [0.2, 0.25) is 5.02 Å². The van der Waals surface area contributed by atoms with E-state index in [1.165, 1.54) is 0 Å². The van der Waals surface area contributed by atoms with Crippen molar-refractivity contribution < 1.29 is 8.42 Å². The summed E-state index contributed by atoms with van der Waals surface area (Å²) >= 11 is 12.2. The molecular weight excluding hydrogens is 538 g/mol. The maximum atomic E-state index is 11.7. The van der Waals surface area contributed by atoms with Crippen molar-refractivity contribution in [3.63, 3.8) is 0 Å². The minimum Gasteiger partial charge on any atom is -0.351 e. The summed E-state index contributed by atoms with van der Waals surface area (Å²) in [7, 11) is -3.38. The summed E-state index contributed by atoms with van der Waals surface area (Å²) in [6.07, 6.45) is 2.91. The van der Waals surface area contributed by atoms with Crippen LogP contribution in [0.1, 0.15) is 40.3 Å². The predicted octanol–water partition coefficient (Wildman–Crippen LogP) is 6.00. The van der Waals surface area contributed by atoms with Crippen LogP contribution in [-0.4, -0.2) is 29.3 Å². The van der Waals surface area contributed by atoms with Crippen molar-refractivity contribution in [2.24, 2.45) is 0 Å².